The van der Waals surface area contributed by atoms with Crippen LogP contribution >= 0.6 is 0 Å². The van der Waals surface area contributed by atoms with E-state index in [1.165, 1.54) is 0 Å². The van der Waals surface area contributed by atoms with Gasteiger partial charge in [-0.1, -0.05) is 12.1 Å². The Morgan fingerprint density at radius 2 is 1.96 bits per heavy atom. The fourth-order valence-corrected chi connectivity index (χ4v) is 3.12. The van der Waals surface area contributed by atoms with E-state index in [9.17, 15) is 9.59 Å². The second-order valence-electron chi connectivity index (χ2n) is 6.79. The molecule has 0 aromatic heterocycles. The molecule has 0 aliphatic carbocycles. The molecular formula is C20H30N2O5. The van der Waals surface area contributed by atoms with Crippen LogP contribution in [0.5, 0.6) is 5.75 Å². The van der Waals surface area contributed by atoms with Crippen LogP contribution in [0.25, 0.3) is 0 Å². The third kappa shape index (κ3) is 5.60. The van der Waals surface area contributed by atoms with E-state index in [0.717, 1.165) is 17.7 Å². The van der Waals surface area contributed by atoms with Crippen LogP contribution in [-0.2, 0) is 20.7 Å². The Balaban J connectivity index is 1.88. The molecule has 27 heavy (non-hydrogen) atoms. The van der Waals surface area contributed by atoms with Gasteiger partial charge in [-0.2, -0.15) is 0 Å². The zero-order valence-electron chi connectivity index (χ0n) is 16.6. The summed E-state index contributed by atoms with van der Waals surface area (Å²) in [4.78, 5) is 25.4. The largest absolute Gasteiger partial charge is 0.494 e. The summed E-state index contributed by atoms with van der Waals surface area (Å²) in [5, 5.41) is 2.81. The average Bonchev–Trinajstić information content (AvgIpc) is 2.96. The quantitative estimate of drug-likeness (QED) is 0.633. The number of urea groups is 1. The summed E-state index contributed by atoms with van der Waals surface area (Å²) in [7, 11) is 1.79. The summed E-state index contributed by atoms with van der Waals surface area (Å²) in [6.45, 7) is 7.34. The van der Waals surface area contributed by atoms with Gasteiger partial charge in [-0.3, -0.25) is 0 Å². The Labute approximate surface area is 161 Å². The lowest BCUT2D eigenvalue weighted by Crippen LogP contribution is -2.42. The van der Waals surface area contributed by atoms with E-state index >= 15 is 0 Å². The van der Waals surface area contributed by atoms with Crippen molar-refractivity contribution in [1.29, 1.82) is 0 Å². The number of ether oxygens (including phenoxy) is 3. The van der Waals surface area contributed by atoms with Crippen molar-refractivity contribution >= 4 is 12.0 Å². The van der Waals surface area contributed by atoms with E-state index in [0.29, 0.717) is 32.8 Å². The van der Waals surface area contributed by atoms with Crippen LogP contribution in [0.3, 0.4) is 0 Å². The highest BCUT2D eigenvalue weighted by atomic mass is 16.6. The second-order valence-corrected chi connectivity index (χ2v) is 6.79. The Bertz CT molecular complexity index is 634. The number of likely N-dealkylation sites (N-methyl/N-ethyl adjacent to an activating group) is 1. The molecule has 150 valence electrons. The molecule has 0 saturated carbocycles. The minimum atomic E-state index is -1.00. The Morgan fingerprint density at radius 1 is 1.26 bits per heavy atom. The van der Waals surface area contributed by atoms with Crippen LogP contribution in [0, 0.1) is 0 Å². The zero-order chi connectivity index (χ0) is 19.9. The number of esters is 1. The molecule has 7 heteroatoms. The lowest BCUT2D eigenvalue weighted by atomic mass is 9.96. The first-order valence-electron chi connectivity index (χ1n) is 9.43. The predicted molar refractivity (Wildman–Crippen MR) is 102 cm³/mol. The Morgan fingerprint density at radius 3 is 2.52 bits per heavy atom. The number of benzene rings is 1. The van der Waals surface area contributed by atoms with Crippen molar-refractivity contribution in [2.24, 2.45) is 0 Å². The highest BCUT2D eigenvalue weighted by Gasteiger charge is 2.35. The summed E-state index contributed by atoms with van der Waals surface area (Å²) >= 11 is 0. The van der Waals surface area contributed by atoms with Gasteiger partial charge in [0.15, 0.2) is 5.60 Å². The summed E-state index contributed by atoms with van der Waals surface area (Å²) in [6.07, 6.45) is 1.20. The van der Waals surface area contributed by atoms with Gasteiger partial charge in [0, 0.05) is 33.0 Å². The van der Waals surface area contributed by atoms with Gasteiger partial charge in [-0.05, 0) is 38.5 Å². The maximum Gasteiger partial charge on any atom is 0.338 e. The molecule has 1 aliphatic heterocycles. The molecule has 2 atom stereocenters. The molecule has 2 amide bonds. The van der Waals surface area contributed by atoms with E-state index in [-0.39, 0.29) is 18.0 Å². The summed E-state index contributed by atoms with van der Waals surface area (Å²) < 4.78 is 16.6. The van der Waals surface area contributed by atoms with Crippen molar-refractivity contribution in [3.8, 4) is 5.75 Å². The number of nitrogens with one attached hydrogen (secondary N) is 1. The number of amides is 2. The van der Waals surface area contributed by atoms with Gasteiger partial charge in [0.1, 0.15) is 5.75 Å². The minimum Gasteiger partial charge on any atom is -0.494 e. The normalized spacial score (nSPS) is 18.7. The molecule has 1 saturated heterocycles. The van der Waals surface area contributed by atoms with Gasteiger partial charge in [-0.15, -0.1) is 0 Å². The van der Waals surface area contributed by atoms with Crippen LogP contribution in [0.4, 0.5) is 4.79 Å². The van der Waals surface area contributed by atoms with Crippen LogP contribution in [0.1, 0.15) is 32.8 Å². The third-order valence-electron chi connectivity index (χ3n) is 4.71. The molecule has 0 spiro atoms. The highest BCUT2D eigenvalue weighted by Crippen LogP contribution is 2.22. The molecule has 1 aromatic rings. The van der Waals surface area contributed by atoms with Gasteiger partial charge in [0.25, 0.3) is 0 Å². The molecule has 1 aliphatic rings. The molecule has 1 heterocycles. The van der Waals surface area contributed by atoms with Gasteiger partial charge in [-0.25, -0.2) is 9.59 Å². The lowest BCUT2D eigenvalue weighted by Gasteiger charge is -2.27. The Hall–Kier alpha value is -2.28. The molecule has 1 fully saturated rings. The van der Waals surface area contributed by atoms with E-state index in [1.807, 2.05) is 31.2 Å². The first-order chi connectivity index (χ1) is 12.9. The smallest absolute Gasteiger partial charge is 0.338 e. The van der Waals surface area contributed by atoms with Gasteiger partial charge in [0.2, 0.25) is 0 Å². The maximum atomic E-state index is 12.2. The maximum absolute atomic E-state index is 12.2. The fourth-order valence-electron chi connectivity index (χ4n) is 3.12. The number of hydrogen-bond donors (Lipinski definition) is 1. The molecule has 7 nitrogen and oxygen atoms in total. The topological polar surface area (TPSA) is 77.1 Å². The second kappa shape index (κ2) is 9.60. The van der Waals surface area contributed by atoms with E-state index in [4.69, 9.17) is 14.2 Å². The van der Waals surface area contributed by atoms with Crippen LogP contribution in [-0.4, -0.2) is 62.0 Å². The van der Waals surface area contributed by atoms with Crippen molar-refractivity contribution in [2.75, 3.05) is 33.4 Å². The van der Waals surface area contributed by atoms with Crippen LogP contribution < -0.4 is 10.1 Å². The molecular weight excluding hydrogens is 348 g/mol. The lowest BCUT2D eigenvalue weighted by molar-refractivity contribution is -0.169. The van der Waals surface area contributed by atoms with Gasteiger partial charge < -0.3 is 24.4 Å². The number of rotatable bonds is 10. The third-order valence-corrected chi connectivity index (χ3v) is 4.71. The number of nitrogens with zero attached hydrogens (tertiary/aromatic N) is 1. The SMILES string of the molecule is CCOC(=O)C(C)(Cc1ccc(OCCC2CNC(=O)N2C)cc1)OCC. The molecule has 2 rings (SSSR count). The first-order valence-corrected chi connectivity index (χ1v) is 9.43. The number of carbonyl (C=O) groups excluding carboxylic acids is 2. The molecule has 2 unspecified atom stereocenters. The van der Waals surface area contributed by atoms with Gasteiger partial charge in [0.05, 0.1) is 19.3 Å². The van der Waals surface area contributed by atoms with Crippen molar-refractivity contribution in [2.45, 2.75) is 45.3 Å². The van der Waals surface area contributed by atoms with E-state index in [1.54, 1.807) is 25.8 Å². The molecule has 0 bridgehead atoms. The van der Waals surface area contributed by atoms with E-state index < -0.39 is 5.60 Å². The van der Waals surface area contributed by atoms with Crippen molar-refractivity contribution in [3.05, 3.63) is 29.8 Å². The van der Waals surface area contributed by atoms with Crippen molar-refractivity contribution in [3.63, 3.8) is 0 Å². The summed E-state index contributed by atoms with van der Waals surface area (Å²) in [5.41, 5.74) is -0.0311. The standard InChI is InChI=1S/C20H30N2O5/c1-5-25-18(23)20(3,27-6-2)13-15-7-9-17(10-8-15)26-12-11-16-14-21-19(24)22(16)4/h7-10,16H,5-6,11-14H2,1-4H3,(H,21,24). The highest BCUT2D eigenvalue weighted by molar-refractivity contribution is 5.79. The fraction of sp³-hybridized carbons (Fsp3) is 0.600. The number of carbonyl (C=O) groups is 2. The number of hydrogen-bond acceptors (Lipinski definition) is 5. The molecule has 1 N–H and O–H groups in total. The minimum absolute atomic E-state index is 0.0386. The molecule has 1 aromatic carbocycles. The van der Waals surface area contributed by atoms with Crippen LogP contribution in [0.2, 0.25) is 0 Å². The summed E-state index contributed by atoms with van der Waals surface area (Å²) in [5.74, 6) is 0.406. The first kappa shape index (κ1) is 21.0. The Kier molecular flexibility index (Phi) is 7.47. The van der Waals surface area contributed by atoms with E-state index in [2.05, 4.69) is 5.32 Å². The monoisotopic (exact) mass is 378 g/mol. The average molecular weight is 378 g/mol. The molecule has 0 radical (unpaired) electrons. The summed E-state index contributed by atoms with van der Waals surface area (Å²) in [6, 6.07) is 7.75. The van der Waals surface area contributed by atoms with Crippen molar-refractivity contribution < 1.29 is 23.8 Å². The predicted octanol–water partition coefficient (Wildman–Crippen LogP) is 2.38. The van der Waals surface area contributed by atoms with Gasteiger partial charge >= 0.3 is 12.0 Å². The van der Waals surface area contributed by atoms with Crippen LogP contribution in [0.15, 0.2) is 24.3 Å². The van der Waals surface area contributed by atoms with Crippen molar-refractivity contribution in [1.82, 2.24) is 10.2 Å². The zero-order valence-corrected chi connectivity index (χ0v) is 16.6.